The highest BCUT2D eigenvalue weighted by molar-refractivity contribution is 7.12. The molecular formula is C12H13N3O3S. The maximum absolute atomic E-state index is 11.5. The van der Waals surface area contributed by atoms with Crippen LogP contribution in [0.25, 0.3) is 0 Å². The molecule has 0 aliphatic heterocycles. The predicted octanol–water partition coefficient (Wildman–Crippen LogP) is 2.42. The van der Waals surface area contributed by atoms with Crippen molar-refractivity contribution >= 4 is 28.8 Å². The second kappa shape index (κ2) is 6.14. The van der Waals surface area contributed by atoms with Crippen molar-refractivity contribution in [3.8, 4) is 0 Å². The van der Waals surface area contributed by atoms with Crippen LogP contribution in [0.1, 0.15) is 17.6 Å². The zero-order valence-electron chi connectivity index (χ0n) is 10.5. The van der Waals surface area contributed by atoms with E-state index in [2.05, 4.69) is 15.6 Å². The molecule has 0 unspecified atom stereocenters. The van der Waals surface area contributed by atoms with Gasteiger partial charge in [-0.3, -0.25) is 4.79 Å². The Labute approximate surface area is 114 Å². The summed E-state index contributed by atoms with van der Waals surface area (Å²) in [5.74, 6) is 0.656. The Morgan fingerprint density at radius 3 is 3.11 bits per heavy atom. The summed E-state index contributed by atoms with van der Waals surface area (Å²) >= 11 is 1.56. The van der Waals surface area contributed by atoms with Gasteiger partial charge in [-0.2, -0.15) is 0 Å². The number of carbonyl (C=O) groups excluding carboxylic acids is 1. The largest absolute Gasteiger partial charge is 0.385 e. The van der Waals surface area contributed by atoms with E-state index in [1.807, 2.05) is 24.4 Å². The van der Waals surface area contributed by atoms with Crippen LogP contribution in [-0.2, 0) is 9.63 Å². The molecule has 100 valence electrons. The van der Waals surface area contributed by atoms with E-state index in [0.29, 0.717) is 11.6 Å². The number of aromatic nitrogens is 1. The van der Waals surface area contributed by atoms with Crippen molar-refractivity contribution in [3.63, 3.8) is 0 Å². The summed E-state index contributed by atoms with van der Waals surface area (Å²) < 4.78 is 4.83. The number of rotatable bonds is 5. The minimum atomic E-state index is -0.337. The first-order chi connectivity index (χ1) is 9.15. The molecule has 19 heavy (non-hydrogen) atoms. The zero-order chi connectivity index (χ0) is 13.7. The number of aryl methyl sites for hydroxylation is 1. The highest BCUT2D eigenvalue weighted by atomic mass is 32.1. The molecule has 0 radical (unpaired) electrons. The number of thiophene rings is 1. The molecule has 7 heteroatoms. The molecule has 1 amide bonds. The second-order valence-corrected chi connectivity index (χ2v) is 4.75. The third-order valence-corrected chi connectivity index (χ3v) is 3.15. The highest BCUT2D eigenvalue weighted by Crippen LogP contribution is 2.10. The molecular weight excluding hydrogens is 266 g/mol. The fraction of sp³-hybridized carbons (Fsp3) is 0.250. The number of hydrogen-bond acceptors (Lipinski definition) is 6. The van der Waals surface area contributed by atoms with Crippen LogP contribution in [0.2, 0.25) is 0 Å². The molecule has 0 spiro atoms. The number of carbonyl (C=O) groups is 1. The van der Waals surface area contributed by atoms with Crippen molar-refractivity contribution < 1.29 is 14.2 Å². The first kappa shape index (κ1) is 13.3. The number of nitrogens with one attached hydrogen (secondary N) is 1. The molecule has 0 atom stereocenters. The molecule has 2 heterocycles. The summed E-state index contributed by atoms with van der Waals surface area (Å²) in [6.45, 7) is 3.40. The maximum Gasteiger partial charge on any atom is 0.266 e. The number of hydrogen-bond donors (Lipinski definition) is 1. The van der Waals surface area contributed by atoms with Crippen LogP contribution < -0.4 is 5.32 Å². The Morgan fingerprint density at radius 2 is 2.47 bits per heavy atom. The monoisotopic (exact) mass is 279 g/mol. The lowest BCUT2D eigenvalue weighted by molar-refractivity contribution is -0.120. The lowest BCUT2D eigenvalue weighted by atomic mass is 10.3. The number of nitrogens with zero attached hydrogens (tertiary/aromatic N) is 2. The van der Waals surface area contributed by atoms with Crippen LogP contribution in [0.15, 0.2) is 33.3 Å². The molecule has 0 aliphatic carbocycles. The number of anilines is 1. The van der Waals surface area contributed by atoms with Crippen LogP contribution in [0.3, 0.4) is 0 Å². The van der Waals surface area contributed by atoms with E-state index in [-0.39, 0.29) is 12.5 Å². The standard InChI is InChI=1S/C12H13N3O3S/c1-8-6-11(15-18-8)13-12(16)7-17-14-9(2)10-4-3-5-19-10/h3-6H,7H2,1-2H3,(H,13,15,16)/b14-9-. The lowest BCUT2D eigenvalue weighted by Gasteiger charge is -2.01. The topological polar surface area (TPSA) is 76.7 Å². The molecule has 0 aromatic carbocycles. The van der Waals surface area contributed by atoms with E-state index in [9.17, 15) is 4.79 Å². The van der Waals surface area contributed by atoms with Gasteiger partial charge in [0.25, 0.3) is 5.91 Å². The summed E-state index contributed by atoms with van der Waals surface area (Å²) in [6, 6.07) is 5.49. The smallest absolute Gasteiger partial charge is 0.266 e. The van der Waals surface area contributed by atoms with Crippen molar-refractivity contribution in [2.24, 2.45) is 5.16 Å². The Hall–Kier alpha value is -2.15. The Morgan fingerprint density at radius 1 is 1.63 bits per heavy atom. The Kier molecular flexibility index (Phi) is 4.30. The SMILES string of the molecule is C/C(=N/OCC(=O)Nc1cc(C)on1)c1cccs1. The number of amides is 1. The first-order valence-corrected chi connectivity index (χ1v) is 6.47. The van der Waals surface area contributed by atoms with E-state index in [4.69, 9.17) is 9.36 Å². The fourth-order valence-corrected chi connectivity index (χ4v) is 1.99. The van der Waals surface area contributed by atoms with Gasteiger partial charge in [0, 0.05) is 6.07 Å². The highest BCUT2D eigenvalue weighted by Gasteiger charge is 2.06. The number of oxime groups is 1. The van der Waals surface area contributed by atoms with Gasteiger partial charge in [-0.05, 0) is 25.3 Å². The van der Waals surface area contributed by atoms with Gasteiger partial charge < -0.3 is 14.7 Å². The summed E-state index contributed by atoms with van der Waals surface area (Å²) in [5.41, 5.74) is 0.736. The Balaban J connectivity index is 1.79. The summed E-state index contributed by atoms with van der Waals surface area (Å²) in [4.78, 5) is 17.5. The van der Waals surface area contributed by atoms with Gasteiger partial charge in [-0.15, -0.1) is 11.3 Å². The summed E-state index contributed by atoms with van der Waals surface area (Å²) in [5, 5.41) is 12.0. The third-order valence-electron chi connectivity index (χ3n) is 2.17. The molecule has 2 aromatic heterocycles. The van der Waals surface area contributed by atoms with Crippen LogP contribution in [-0.4, -0.2) is 23.4 Å². The van der Waals surface area contributed by atoms with E-state index in [1.54, 1.807) is 24.3 Å². The second-order valence-electron chi connectivity index (χ2n) is 3.80. The van der Waals surface area contributed by atoms with E-state index >= 15 is 0 Å². The van der Waals surface area contributed by atoms with Crippen LogP contribution >= 0.6 is 11.3 Å². The predicted molar refractivity (Wildman–Crippen MR) is 72.4 cm³/mol. The van der Waals surface area contributed by atoms with Gasteiger partial charge in [0.2, 0.25) is 0 Å². The lowest BCUT2D eigenvalue weighted by Crippen LogP contribution is -2.17. The third kappa shape index (κ3) is 3.92. The van der Waals surface area contributed by atoms with Crippen molar-refractivity contribution in [1.82, 2.24) is 5.16 Å². The van der Waals surface area contributed by atoms with Crippen LogP contribution in [0.4, 0.5) is 5.82 Å². The molecule has 6 nitrogen and oxygen atoms in total. The average molecular weight is 279 g/mol. The first-order valence-electron chi connectivity index (χ1n) is 5.59. The van der Waals surface area contributed by atoms with Gasteiger partial charge >= 0.3 is 0 Å². The van der Waals surface area contributed by atoms with Gasteiger partial charge in [0.1, 0.15) is 5.76 Å². The normalized spacial score (nSPS) is 11.4. The summed E-state index contributed by atoms with van der Waals surface area (Å²) in [7, 11) is 0. The molecule has 0 saturated carbocycles. The Bertz CT molecular complexity index is 575. The molecule has 0 bridgehead atoms. The van der Waals surface area contributed by atoms with Gasteiger partial charge in [-0.1, -0.05) is 16.4 Å². The molecule has 0 aliphatic rings. The van der Waals surface area contributed by atoms with Crippen LogP contribution in [0, 0.1) is 6.92 Å². The molecule has 2 rings (SSSR count). The molecule has 0 fully saturated rings. The fourth-order valence-electron chi connectivity index (χ4n) is 1.32. The summed E-state index contributed by atoms with van der Waals surface area (Å²) in [6.07, 6.45) is 0. The molecule has 0 saturated heterocycles. The van der Waals surface area contributed by atoms with Crippen LogP contribution in [0.5, 0.6) is 0 Å². The maximum atomic E-state index is 11.5. The van der Waals surface area contributed by atoms with E-state index in [1.165, 1.54) is 0 Å². The quantitative estimate of drug-likeness (QED) is 0.673. The van der Waals surface area contributed by atoms with E-state index in [0.717, 1.165) is 10.6 Å². The van der Waals surface area contributed by atoms with Crippen molar-refractivity contribution in [1.29, 1.82) is 0 Å². The minimum absolute atomic E-state index is 0.172. The van der Waals surface area contributed by atoms with Crippen molar-refractivity contribution in [2.75, 3.05) is 11.9 Å². The molecule has 2 aromatic rings. The van der Waals surface area contributed by atoms with Gasteiger partial charge in [0.15, 0.2) is 12.4 Å². The zero-order valence-corrected chi connectivity index (χ0v) is 11.4. The van der Waals surface area contributed by atoms with E-state index < -0.39 is 0 Å². The van der Waals surface area contributed by atoms with Crippen molar-refractivity contribution in [2.45, 2.75) is 13.8 Å². The van der Waals surface area contributed by atoms with Gasteiger partial charge in [-0.25, -0.2) is 0 Å². The average Bonchev–Trinajstić information content (AvgIpc) is 3.00. The van der Waals surface area contributed by atoms with Gasteiger partial charge in [0.05, 0.1) is 10.6 Å². The van der Waals surface area contributed by atoms with Crippen molar-refractivity contribution in [3.05, 3.63) is 34.2 Å². The minimum Gasteiger partial charge on any atom is -0.385 e. The molecule has 1 N–H and O–H groups in total.